The number of nitrogens with zero attached hydrogens (tertiary/aromatic N) is 2. The van der Waals surface area contributed by atoms with Crippen molar-refractivity contribution >= 4 is 17.3 Å². The van der Waals surface area contributed by atoms with Crippen LogP contribution in [0.25, 0.3) is 0 Å². The monoisotopic (exact) mass is 394 g/mol. The maximum absolute atomic E-state index is 12.7. The van der Waals surface area contributed by atoms with Crippen molar-refractivity contribution in [3.63, 3.8) is 0 Å². The summed E-state index contributed by atoms with van der Waals surface area (Å²) in [6.45, 7) is 6.88. The largest absolute Gasteiger partial charge is 0.508 e. The fourth-order valence-electron chi connectivity index (χ4n) is 3.49. The summed E-state index contributed by atoms with van der Waals surface area (Å²) in [7, 11) is 0. The number of aromatic hydroxyl groups is 1. The van der Waals surface area contributed by atoms with Gasteiger partial charge in [0.1, 0.15) is 11.5 Å². The van der Waals surface area contributed by atoms with Gasteiger partial charge in [0.05, 0.1) is 11.7 Å². The molecule has 0 radical (unpaired) electrons. The van der Waals surface area contributed by atoms with Crippen LogP contribution in [-0.4, -0.2) is 23.3 Å². The molecule has 0 bridgehead atoms. The molecule has 0 aromatic heterocycles. The van der Waals surface area contributed by atoms with Crippen molar-refractivity contribution in [3.8, 4) is 5.75 Å². The van der Waals surface area contributed by atoms with Gasteiger partial charge in [-0.05, 0) is 49.6 Å². The molecule has 1 aliphatic rings. The lowest BCUT2D eigenvalue weighted by molar-refractivity contribution is -0.115. The van der Waals surface area contributed by atoms with Crippen molar-refractivity contribution in [2.24, 2.45) is 5.10 Å². The average Bonchev–Trinajstić information content (AvgIpc) is 3.13. The molecule has 29 heavy (non-hydrogen) atoms. The first-order valence-electron chi connectivity index (χ1n) is 10.3. The van der Waals surface area contributed by atoms with E-state index in [2.05, 4.69) is 54.1 Å². The highest BCUT2D eigenvalue weighted by molar-refractivity contribution is 6.39. The summed E-state index contributed by atoms with van der Waals surface area (Å²) < 4.78 is 0. The minimum absolute atomic E-state index is 0.0697. The summed E-state index contributed by atoms with van der Waals surface area (Å²) in [6.07, 6.45) is 3.81. The molecule has 6 heteroatoms. The number of carbonyl (C=O) groups is 1. The third-order valence-electron chi connectivity index (χ3n) is 5.17. The van der Waals surface area contributed by atoms with Crippen LogP contribution in [0.1, 0.15) is 55.3 Å². The number of amides is 1. The normalized spacial score (nSPS) is 16.0. The molecule has 2 aromatic carbocycles. The Labute approximate surface area is 172 Å². The Morgan fingerprint density at radius 2 is 1.93 bits per heavy atom. The second kappa shape index (κ2) is 9.56. The fourth-order valence-corrected chi connectivity index (χ4v) is 3.49. The Morgan fingerprint density at radius 1 is 1.17 bits per heavy atom. The van der Waals surface area contributed by atoms with E-state index >= 15 is 0 Å². The molecule has 154 valence electrons. The number of hydrazine groups is 1. The molecular weight excluding hydrogens is 364 g/mol. The van der Waals surface area contributed by atoms with Gasteiger partial charge in [-0.15, -0.1) is 0 Å². The van der Waals surface area contributed by atoms with Crippen LogP contribution in [0, 0.1) is 13.8 Å². The Bertz CT molecular complexity index is 877. The number of rotatable bonds is 8. The molecule has 2 aromatic rings. The van der Waals surface area contributed by atoms with Crippen molar-refractivity contribution in [3.05, 3.63) is 59.2 Å². The highest BCUT2D eigenvalue weighted by Crippen LogP contribution is 2.37. The Morgan fingerprint density at radius 3 is 2.62 bits per heavy atom. The summed E-state index contributed by atoms with van der Waals surface area (Å²) in [4.78, 5) is 12.7. The zero-order chi connectivity index (χ0) is 20.8. The molecule has 0 spiro atoms. The fraction of sp³-hybridized carbons (Fsp3) is 0.391. The Hall–Kier alpha value is -2.86. The highest BCUT2D eigenvalue weighted by atomic mass is 16.3. The molecular formula is C23H30N4O2. The lowest BCUT2D eigenvalue weighted by atomic mass is 9.99. The lowest BCUT2D eigenvalue weighted by Gasteiger charge is -2.25. The van der Waals surface area contributed by atoms with E-state index in [0.29, 0.717) is 12.1 Å². The van der Waals surface area contributed by atoms with Crippen molar-refractivity contribution in [1.82, 2.24) is 10.9 Å². The standard InChI is InChI=1S/C23H30N4O2/c1-4-5-6-13-24-25-23(29)20-15-22(18-9-7-16(2)8-10-18)27(26-20)21-12-11-19(28)14-17(21)3/h7-12,14,22,24,28H,4-6,13,15H2,1-3H3,(H,25,29). The van der Waals surface area contributed by atoms with E-state index in [1.54, 1.807) is 12.1 Å². The molecule has 1 heterocycles. The molecule has 1 aliphatic heterocycles. The number of hydrogen-bond acceptors (Lipinski definition) is 5. The Kier molecular flexibility index (Phi) is 6.88. The first-order chi connectivity index (χ1) is 14.0. The van der Waals surface area contributed by atoms with Crippen molar-refractivity contribution in [1.29, 1.82) is 0 Å². The van der Waals surface area contributed by atoms with Crippen LogP contribution in [0.5, 0.6) is 5.75 Å². The van der Waals surface area contributed by atoms with E-state index in [4.69, 9.17) is 0 Å². The van der Waals surface area contributed by atoms with E-state index in [1.807, 2.05) is 18.0 Å². The van der Waals surface area contributed by atoms with Crippen molar-refractivity contribution in [2.45, 2.75) is 52.5 Å². The number of phenolic OH excluding ortho intramolecular Hbond substituents is 1. The molecule has 3 rings (SSSR count). The number of nitrogens with one attached hydrogen (secondary N) is 2. The third kappa shape index (κ3) is 5.15. The molecule has 3 N–H and O–H groups in total. The average molecular weight is 395 g/mol. The second-order valence-corrected chi connectivity index (χ2v) is 7.58. The molecule has 0 aliphatic carbocycles. The summed E-state index contributed by atoms with van der Waals surface area (Å²) in [6, 6.07) is 13.5. The molecule has 6 nitrogen and oxygen atoms in total. The molecule has 1 atom stereocenters. The number of hydrogen-bond donors (Lipinski definition) is 3. The maximum atomic E-state index is 12.7. The van der Waals surface area contributed by atoms with Gasteiger partial charge in [-0.3, -0.25) is 15.2 Å². The van der Waals surface area contributed by atoms with Crippen molar-refractivity contribution < 1.29 is 9.90 Å². The second-order valence-electron chi connectivity index (χ2n) is 7.58. The smallest absolute Gasteiger partial charge is 0.281 e. The first-order valence-corrected chi connectivity index (χ1v) is 10.3. The number of aryl methyl sites for hydroxylation is 2. The summed E-state index contributed by atoms with van der Waals surface area (Å²) in [5.74, 6) is 0.0214. The number of benzene rings is 2. The van der Waals surface area contributed by atoms with E-state index in [0.717, 1.165) is 42.6 Å². The van der Waals surface area contributed by atoms with E-state index in [-0.39, 0.29) is 17.7 Å². The van der Waals surface area contributed by atoms with Gasteiger partial charge in [-0.25, -0.2) is 5.43 Å². The number of phenols is 1. The Balaban J connectivity index is 1.81. The SMILES string of the molecule is CCCCCNNC(=O)C1=NN(c2ccc(O)cc2C)C(c2ccc(C)cc2)C1. The number of anilines is 1. The minimum Gasteiger partial charge on any atom is -0.508 e. The predicted molar refractivity (Wildman–Crippen MR) is 117 cm³/mol. The van der Waals surface area contributed by atoms with E-state index < -0.39 is 0 Å². The van der Waals surface area contributed by atoms with Gasteiger partial charge in [0.2, 0.25) is 0 Å². The van der Waals surface area contributed by atoms with Gasteiger partial charge in [0.25, 0.3) is 5.91 Å². The van der Waals surface area contributed by atoms with Crippen LogP contribution in [0.4, 0.5) is 5.69 Å². The van der Waals surface area contributed by atoms with E-state index in [1.165, 1.54) is 5.56 Å². The van der Waals surface area contributed by atoms with Crippen LogP contribution < -0.4 is 15.9 Å². The summed E-state index contributed by atoms with van der Waals surface area (Å²) >= 11 is 0. The highest BCUT2D eigenvalue weighted by Gasteiger charge is 2.33. The van der Waals surface area contributed by atoms with Gasteiger partial charge in [0, 0.05) is 13.0 Å². The number of hydrazone groups is 1. The molecule has 0 saturated heterocycles. The van der Waals surface area contributed by atoms with Crippen LogP contribution in [0.3, 0.4) is 0 Å². The number of carbonyl (C=O) groups excluding carboxylic acids is 1. The summed E-state index contributed by atoms with van der Waals surface area (Å²) in [5, 5.41) is 16.3. The first kappa shape index (κ1) is 20.9. The van der Waals surface area contributed by atoms with Crippen LogP contribution in [0.15, 0.2) is 47.6 Å². The van der Waals surface area contributed by atoms with Gasteiger partial charge in [-0.2, -0.15) is 5.10 Å². The summed E-state index contributed by atoms with van der Waals surface area (Å²) in [5.41, 5.74) is 10.3. The van der Waals surface area contributed by atoms with Crippen LogP contribution >= 0.6 is 0 Å². The van der Waals surface area contributed by atoms with Crippen molar-refractivity contribution in [2.75, 3.05) is 11.6 Å². The minimum atomic E-state index is -0.197. The van der Waals surface area contributed by atoms with Crippen LogP contribution in [-0.2, 0) is 4.79 Å². The quantitative estimate of drug-likeness (QED) is 0.465. The van der Waals surface area contributed by atoms with Crippen LogP contribution in [0.2, 0.25) is 0 Å². The molecule has 0 saturated carbocycles. The third-order valence-corrected chi connectivity index (χ3v) is 5.17. The molecule has 0 fully saturated rings. The molecule has 1 unspecified atom stereocenters. The predicted octanol–water partition coefficient (Wildman–Crippen LogP) is 4.13. The van der Waals surface area contributed by atoms with Gasteiger partial charge in [0.15, 0.2) is 0 Å². The zero-order valence-corrected chi connectivity index (χ0v) is 17.4. The molecule has 1 amide bonds. The van der Waals surface area contributed by atoms with Gasteiger partial charge in [-0.1, -0.05) is 49.6 Å². The van der Waals surface area contributed by atoms with Gasteiger partial charge >= 0.3 is 0 Å². The van der Waals surface area contributed by atoms with Gasteiger partial charge < -0.3 is 5.11 Å². The lowest BCUT2D eigenvalue weighted by Crippen LogP contribution is -2.41. The number of unbranched alkanes of at least 4 members (excludes halogenated alkanes) is 2. The zero-order valence-electron chi connectivity index (χ0n) is 17.4. The van der Waals surface area contributed by atoms with E-state index in [9.17, 15) is 9.90 Å². The maximum Gasteiger partial charge on any atom is 0.281 e. The topological polar surface area (TPSA) is 77.0 Å².